The predicted octanol–water partition coefficient (Wildman–Crippen LogP) is 7.60. The van der Waals surface area contributed by atoms with Crippen molar-refractivity contribution in [2.24, 2.45) is 5.92 Å². The Kier molecular flexibility index (Phi) is 19.9. The average molecular weight is 433 g/mol. The minimum absolute atomic E-state index is 0.312. The van der Waals surface area contributed by atoms with Gasteiger partial charge in [-0.3, -0.25) is 0 Å². The topological polar surface area (TPSA) is 18.5 Å². The molecule has 4 heteroatoms. The molecule has 0 bridgehead atoms. The number of unbranched alkanes of at least 4 members (excludes halogenated alkanes) is 7. The highest BCUT2D eigenvalue weighted by molar-refractivity contribution is 8.02. The molecule has 1 saturated heterocycles. The van der Waals surface area contributed by atoms with Gasteiger partial charge in [-0.15, -0.1) is 0 Å². The molecule has 0 aromatic heterocycles. The van der Waals surface area contributed by atoms with Crippen molar-refractivity contribution >= 4 is 23.5 Å². The van der Waals surface area contributed by atoms with E-state index in [9.17, 15) is 0 Å². The fourth-order valence-electron chi connectivity index (χ4n) is 3.85. The lowest BCUT2D eigenvalue weighted by molar-refractivity contribution is -0.0505. The van der Waals surface area contributed by atoms with Gasteiger partial charge in [0.15, 0.2) is 0 Å². The van der Waals surface area contributed by atoms with Gasteiger partial charge in [0, 0.05) is 24.7 Å². The quantitative estimate of drug-likeness (QED) is 0.295. The maximum atomic E-state index is 6.41. The zero-order chi connectivity index (χ0) is 20.1. The maximum absolute atomic E-state index is 6.41. The Morgan fingerprint density at radius 1 is 0.714 bits per heavy atom. The van der Waals surface area contributed by atoms with Crippen LogP contribution in [0.2, 0.25) is 0 Å². The molecule has 2 nitrogen and oxygen atoms in total. The van der Waals surface area contributed by atoms with Crippen LogP contribution in [0.5, 0.6) is 0 Å². The largest absolute Gasteiger partial charge is 0.379 e. The zero-order valence-electron chi connectivity index (χ0n) is 18.9. The highest BCUT2D eigenvalue weighted by Crippen LogP contribution is 2.24. The minimum atomic E-state index is 0.312. The number of ether oxygens (including phenoxy) is 2. The zero-order valence-corrected chi connectivity index (χ0v) is 20.6. The Bertz CT molecular complexity index is 301. The smallest absolute Gasteiger partial charge is 0.0836 e. The molecule has 1 fully saturated rings. The van der Waals surface area contributed by atoms with E-state index >= 15 is 0 Å². The fraction of sp³-hybridized carbons (Fsp3) is 1.00. The summed E-state index contributed by atoms with van der Waals surface area (Å²) >= 11 is 4.18. The molecule has 1 heterocycles. The van der Waals surface area contributed by atoms with E-state index in [-0.39, 0.29) is 0 Å². The second-order valence-electron chi connectivity index (χ2n) is 8.23. The summed E-state index contributed by atoms with van der Waals surface area (Å²) in [7, 11) is 0. The van der Waals surface area contributed by atoms with Crippen LogP contribution in [0.4, 0.5) is 0 Å². The molecule has 28 heavy (non-hydrogen) atoms. The molecule has 168 valence electrons. The first-order chi connectivity index (χ1) is 13.9. The molecule has 1 aliphatic heterocycles. The van der Waals surface area contributed by atoms with Gasteiger partial charge in [0.25, 0.3) is 0 Å². The molecular formula is C24H48O2S2. The molecule has 0 spiro atoms. The van der Waals surface area contributed by atoms with Crippen molar-refractivity contribution in [3.63, 3.8) is 0 Å². The van der Waals surface area contributed by atoms with Gasteiger partial charge in [-0.1, -0.05) is 71.6 Å². The Balaban J connectivity index is 2.41. The number of rotatable bonds is 12. The maximum Gasteiger partial charge on any atom is 0.0836 e. The van der Waals surface area contributed by atoms with E-state index in [1.54, 1.807) is 0 Å². The second-order valence-corrected chi connectivity index (χ2v) is 10.7. The van der Waals surface area contributed by atoms with Crippen LogP contribution in [-0.4, -0.2) is 48.9 Å². The van der Waals surface area contributed by atoms with Gasteiger partial charge >= 0.3 is 0 Å². The summed E-state index contributed by atoms with van der Waals surface area (Å²) in [6.45, 7) is 7.23. The highest BCUT2D eigenvalue weighted by Gasteiger charge is 2.22. The van der Waals surface area contributed by atoms with Crippen molar-refractivity contribution in [3.05, 3.63) is 0 Å². The molecule has 2 unspecified atom stereocenters. The number of hydrogen-bond acceptors (Lipinski definition) is 4. The van der Waals surface area contributed by atoms with Crippen molar-refractivity contribution in [1.82, 2.24) is 0 Å². The molecular weight excluding hydrogens is 384 g/mol. The molecule has 0 aliphatic carbocycles. The van der Waals surface area contributed by atoms with Crippen LogP contribution in [0.3, 0.4) is 0 Å². The second kappa shape index (κ2) is 20.9. The van der Waals surface area contributed by atoms with Gasteiger partial charge in [0.1, 0.15) is 0 Å². The van der Waals surface area contributed by atoms with Crippen molar-refractivity contribution in [1.29, 1.82) is 0 Å². The summed E-state index contributed by atoms with van der Waals surface area (Å²) in [6.07, 6.45) is 17.7. The average Bonchev–Trinajstić information content (AvgIpc) is 2.71. The predicted molar refractivity (Wildman–Crippen MR) is 130 cm³/mol. The Morgan fingerprint density at radius 2 is 1.32 bits per heavy atom. The minimum Gasteiger partial charge on any atom is -0.379 e. The van der Waals surface area contributed by atoms with Gasteiger partial charge in [0.2, 0.25) is 0 Å². The normalized spacial score (nSPS) is 21.9. The lowest BCUT2D eigenvalue weighted by Gasteiger charge is -2.28. The summed E-state index contributed by atoms with van der Waals surface area (Å²) in [5, 5.41) is 0. The van der Waals surface area contributed by atoms with Gasteiger partial charge in [0.05, 0.1) is 12.7 Å². The van der Waals surface area contributed by atoms with E-state index < -0.39 is 0 Å². The molecule has 0 radical (unpaired) electrons. The van der Waals surface area contributed by atoms with Crippen LogP contribution in [0.25, 0.3) is 0 Å². The first kappa shape index (κ1) is 26.7. The fourth-order valence-corrected chi connectivity index (χ4v) is 5.84. The highest BCUT2D eigenvalue weighted by atomic mass is 32.2. The summed E-state index contributed by atoms with van der Waals surface area (Å²) in [5.41, 5.74) is 0. The van der Waals surface area contributed by atoms with E-state index in [2.05, 4.69) is 37.4 Å². The number of hydrogen-bond donors (Lipinski definition) is 0. The van der Waals surface area contributed by atoms with Crippen LogP contribution >= 0.6 is 23.5 Å². The lowest BCUT2D eigenvalue weighted by Crippen LogP contribution is -2.30. The molecule has 2 atom stereocenters. The standard InChI is InChI=1S/C24H48O2S2/c1-3-5-7-8-9-10-11-15-23(14-6-4-2)24-22-25-16-12-18-27-20-21-28-19-13-17-26-24/h23-24H,3-22H2,1-2H3. The molecule has 0 amide bonds. The van der Waals surface area contributed by atoms with E-state index in [1.165, 1.54) is 106 Å². The lowest BCUT2D eigenvalue weighted by atomic mass is 9.90. The van der Waals surface area contributed by atoms with E-state index in [1.807, 2.05) is 0 Å². The summed E-state index contributed by atoms with van der Waals surface area (Å²) < 4.78 is 12.5. The van der Waals surface area contributed by atoms with Crippen molar-refractivity contribution in [2.45, 2.75) is 103 Å². The molecule has 1 rings (SSSR count). The van der Waals surface area contributed by atoms with Gasteiger partial charge in [-0.2, -0.15) is 23.5 Å². The number of thioether (sulfide) groups is 2. The molecule has 0 aromatic carbocycles. The third kappa shape index (κ3) is 15.5. The van der Waals surface area contributed by atoms with E-state index in [0.29, 0.717) is 12.0 Å². The summed E-state index contributed by atoms with van der Waals surface area (Å²) in [6, 6.07) is 0. The van der Waals surface area contributed by atoms with Crippen molar-refractivity contribution < 1.29 is 9.47 Å². The molecule has 0 aromatic rings. The Hall–Kier alpha value is 0.620. The SMILES string of the molecule is CCCCCCCCCC(CCCC)C1COCCCSCCSCCCO1. The monoisotopic (exact) mass is 432 g/mol. The van der Waals surface area contributed by atoms with E-state index in [4.69, 9.17) is 9.47 Å². The van der Waals surface area contributed by atoms with Gasteiger partial charge < -0.3 is 9.47 Å². The van der Waals surface area contributed by atoms with E-state index in [0.717, 1.165) is 19.8 Å². The van der Waals surface area contributed by atoms with Crippen LogP contribution in [0, 0.1) is 5.92 Å². The summed E-state index contributed by atoms with van der Waals surface area (Å²) in [4.78, 5) is 0. The molecule has 1 aliphatic rings. The summed E-state index contributed by atoms with van der Waals surface area (Å²) in [5.74, 6) is 5.73. The van der Waals surface area contributed by atoms with Crippen LogP contribution < -0.4 is 0 Å². The van der Waals surface area contributed by atoms with Crippen LogP contribution in [0.15, 0.2) is 0 Å². The van der Waals surface area contributed by atoms with Gasteiger partial charge in [-0.25, -0.2) is 0 Å². The van der Waals surface area contributed by atoms with Crippen LogP contribution in [0.1, 0.15) is 97.3 Å². The third-order valence-electron chi connectivity index (χ3n) is 5.63. The Labute approximate surface area is 185 Å². The molecule has 0 N–H and O–H groups in total. The van der Waals surface area contributed by atoms with Crippen LogP contribution in [-0.2, 0) is 9.47 Å². The van der Waals surface area contributed by atoms with Crippen molar-refractivity contribution in [2.75, 3.05) is 42.8 Å². The molecule has 0 saturated carbocycles. The third-order valence-corrected chi connectivity index (χ3v) is 8.03. The van der Waals surface area contributed by atoms with Crippen molar-refractivity contribution in [3.8, 4) is 0 Å². The Morgan fingerprint density at radius 3 is 2.04 bits per heavy atom. The van der Waals surface area contributed by atoms with Gasteiger partial charge in [-0.05, 0) is 43.1 Å². The first-order valence-corrected chi connectivity index (χ1v) is 14.5. The first-order valence-electron chi connectivity index (χ1n) is 12.2.